The fourth-order valence-corrected chi connectivity index (χ4v) is 6.32. The molecule has 1 amide bonds. The summed E-state index contributed by atoms with van der Waals surface area (Å²) in [7, 11) is -2.17. The Labute approximate surface area is 297 Å². The number of sulfone groups is 1. The SMILES string of the molecule is CCOC(CS(=O)(=O)/C=C/c1ccc(CC(=O)O)c(OC(=O)Nc2ccc(NC)cc2)c1)C(OCC)c1ccc(OCc2ccccc2)c(O)c1. The van der Waals surface area contributed by atoms with Crippen molar-refractivity contribution in [1.82, 2.24) is 0 Å². The highest BCUT2D eigenvalue weighted by molar-refractivity contribution is 7.94. The number of phenolic OH excluding ortho intramolecular Hbond substituents is 1. The molecule has 0 saturated carbocycles. The molecule has 4 N–H and O–H groups in total. The number of hydrogen-bond donors (Lipinski definition) is 4. The van der Waals surface area contributed by atoms with Crippen molar-refractivity contribution >= 4 is 39.4 Å². The van der Waals surface area contributed by atoms with E-state index >= 15 is 0 Å². The number of carboxylic acids is 1. The molecule has 2 unspecified atom stereocenters. The Hall–Kier alpha value is -5.37. The van der Waals surface area contributed by atoms with Gasteiger partial charge in [-0.25, -0.2) is 13.2 Å². The number of anilines is 2. The molecule has 0 radical (unpaired) electrons. The lowest BCUT2D eigenvalue weighted by molar-refractivity contribution is -0.136. The maximum Gasteiger partial charge on any atom is 0.417 e. The van der Waals surface area contributed by atoms with E-state index < -0.39 is 46.3 Å². The fraction of sp³-hybridized carbons (Fsp3) is 0.263. The van der Waals surface area contributed by atoms with Gasteiger partial charge in [0.15, 0.2) is 21.3 Å². The van der Waals surface area contributed by atoms with Gasteiger partial charge in [-0.15, -0.1) is 0 Å². The smallest absolute Gasteiger partial charge is 0.417 e. The first-order valence-corrected chi connectivity index (χ1v) is 18.0. The lowest BCUT2D eigenvalue weighted by Crippen LogP contribution is -2.31. The highest BCUT2D eigenvalue weighted by Gasteiger charge is 2.29. The fourth-order valence-electron chi connectivity index (χ4n) is 5.11. The number of hydrogen-bond acceptors (Lipinski definition) is 10. The molecule has 0 bridgehead atoms. The molecule has 270 valence electrons. The molecule has 0 aliphatic carbocycles. The number of carboxylic acid groups (broad SMARTS) is 1. The van der Waals surface area contributed by atoms with Gasteiger partial charge in [0.25, 0.3) is 0 Å². The molecule has 0 fully saturated rings. The minimum Gasteiger partial charge on any atom is -0.504 e. The number of aliphatic carboxylic acids is 1. The zero-order valence-corrected chi connectivity index (χ0v) is 29.4. The van der Waals surface area contributed by atoms with E-state index in [-0.39, 0.29) is 42.6 Å². The van der Waals surface area contributed by atoms with Gasteiger partial charge >= 0.3 is 12.1 Å². The van der Waals surface area contributed by atoms with Crippen molar-refractivity contribution in [2.45, 2.75) is 39.1 Å². The van der Waals surface area contributed by atoms with E-state index in [1.807, 2.05) is 30.3 Å². The van der Waals surface area contributed by atoms with Crippen LogP contribution in [0.15, 0.2) is 96.4 Å². The second kappa shape index (κ2) is 18.6. The van der Waals surface area contributed by atoms with E-state index in [1.54, 1.807) is 57.3 Å². The summed E-state index contributed by atoms with van der Waals surface area (Å²) in [5, 5.41) is 26.7. The van der Waals surface area contributed by atoms with Gasteiger partial charge in [0.1, 0.15) is 24.6 Å². The Morgan fingerprint density at radius 1 is 0.863 bits per heavy atom. The lowest BCUT2D eigenvalue weighted by atomic mass is 10.0. The van der Waals surface area contributed by atoms with Crippen LogP contribution in [0.1, 0.15) is 42.2 Å². The molecule has 0 saturated heterocycles. The van der Waals surface area contributed by atoms with Crippen LogP contribution < -0.4 is 20.1 Å². The van der Waals surface area contributed by atoms with Crippen LogP contribution in [-0.2, 0) is 37.1 Å². The Morgan fingerprint density at radius 3 is 2.22 bits per heavy atom. The average molecular weight is 719 g/mol. The van der Waals surface area contributed by atoms with Crippen LogP contribution in [0.5, 0.6) is 17.2 Å². The summed E-state index contributed by atoms with van der Waals surface area (Å²) in [5.41, 5.74) is 3.30. The van der Waals surface area contributed by atoms with Gasteiger partial charge in [-0.2, -0.15) is 0 Å². The molecule has 51 heavy (non-hydrogen) atoms. The van der Waals surface area contributed by atoms with Crippen LogP contribution in [-0.4, -0.2) is 62.8 Å². The summed E-state index contributed by atoms with van der Waals surface area (Å²) in [6.07, 6.45) is -1.73. The van der Waals surface area contributed by atoms with Crippen molar-refractivity contribution in [1.29, 1.82) is 0 Å². The molecule has 2 atom stereocenters. The number of benzene rings is 4. The maximum atomic E-state index is 13.4. The number of aromatic hydroxyl groups is 1. The van der Waals surface area contributed by atoms with E-state index in [2.05, 4.69) is 10.6 Å². The highest BCUT2D eigenvalue weighted by atomic mass is 32.2. The molecule has 4 rings (SSSR count). The van der Waals surface area contributed by atoms with Crippen LogP contribution in [0.4, 0.5) is 16.2 Å². The summed E-state index contributed by atoms with van der Waals surface area (Å²) < 4.78 is 49.9. The first-order chi connectivity index (χ1) is 24.5. The number of nitrogens with one attached hydrogen (secondary N) is 2. The third-order valence-electron chi connectivity index (χ3n) is 7.53. The number of amides is 1. The van der Waals surface area contributed by atoms with Crippen molar-refractivity contribution in [3.05, 3.63) is 119 Å². The molecule has 4 aromatic carbocycles. The van der Waals surface area contributed by atoms with Gasteiger partial charge in [0.2, 0.25) is 0 Å². The predicted molar refractivity (Wildman–Crippen MR) is 195 cm³/mol. The van der Waals surface area contributed by atoms with Crippen LogP contribution in [0, 0.1) is 0 Å². The van der Waals surface area contributed by atoms with E-state index in [0.717, 1.165) is 16.7 Å². The van der Waals surface area contributed by atoms with E-state index in [0.29, 0.717) is 16.8 Å². The van der Waals surface area contributed by atoms with E-state index in [1.165, 1.54) is 30.3 Å². The first kappa shape index (κ1) is 38.4. The third kappa shape index (κ3) is 11.9. The van der Waals surface area contributed by atoms with Gasteiger partial charge in [-0.1, -0.05) is 48.5 Å². The molecule has 0 aromatic heterocycles. The van der Waals surface area contributed by atoms with Crippen LogP contribution >= 0.6 is 0 Å². The summed E-state index contributed by atoms with van der Waals surface area (Å²) in [4.78, 5) is 24.2. The third-order valence-corrected chi connectivity index (χ3v) is 8.88. The van der Waals surface area contributed by atoms with Crippen LogP contribution in [0.2, 0.25) is 0 Å². The van der Waals surface area contributed by atoms with E-state index in [4.69, 9.17) is 18.9 Å². The number of carbonyl (C=O) groups excluding carboxylic acids is 1. The molecule has 0 spiro atoms. The van der Waals surface area contributed by atoms with Crippen molar-refractivity contribution in [2.24, 2.45) is 0 Å². The van der Waals surface area contributed by atoms with Gasteiger partial charge in [0.05, 0.1) is 12.2 Å². The van der Waals surface area contributed by atoms with Gasteiger partial charge < -0.3 is 34.5 Å². The molecular weight excluding hydrogens is 676 g/mol. The molecule has 0 aliphatic heterocycles. The topological polar surface area (TPSA) is 170 Å². The second-order valence-electron chi connectivity index (χ2n) is 11.3. The summed E-state index contributed by atoms with van der Waals surface area (Å²) in [6, 6.07) is 25.5. The Morgan fingerprint density at radius 2 is 1.57 bits per heavy atom. The zero-order valence-electron chi connectivity index (χ0n) is 28.6. The zero-order chi connectivity index (χ0) is 36.8. The normalized spacial score (nSPS) is 12.6. The minimum atomic E-state index is -3.93. The molecule has 0 heterocycles. The molecule has 4 aromatic rings. The summed E-state index contributed by atoms with van der Waals surface area (Å²) >= 11 is 0. The second-order valence-corrected chi connectivity index (χ2v) is 13.2. The summed E-state index contributed by atoms with van der Waals surface area (Å²) in [6.45, 7) is 4.21. The monoisotopic (exact) mass is 718 g/mol. The maximum absolute atomic E-state index is 13.4. The highest BCUT2D eigenvalue weighted by Crippen LogP contribution is 2.34. The first-order valence-electron chi connectivity index (χ1n) is 16.2. The Balaban J connectivity index is 1.50. The Bertz CT molecular complexity index is 1900. The van der Waals surface area contributed by atoms with Crippen molar-refractivity contribution in [3.63, 3.8) is 0 Å². The number of rotatable bonds is 18. The minimum absolute atomic E-state index is 0.0408. The molecular formula is C38H42N2O10S. The van der Waals surface area contributed by atoms with Gasteiger partial charge in [0, 0.05) is 42.6 Å². The van der Waals surface area contributed by atoms with Gasteiger partial charge in [-0.05, 0) is 79.1 Å². The average Bonchev–Trinajstić information content (AvgIpc) is 3.10. The van der Waals surface area contributed by atoms with Crippen molar-refractivity contribution in [2.75, 3.05) is 36.6 Å². The quantitative estimate of drug-likeness (QED) is 0.0852. The van der Waals surface area contributed by atoms with Crippen LogP contribution in [0.25, 0.3) is 6.08 Å². The van der Waals surface area contributed by atoms with Gasteiger partial charge in [-0.3, -0.25) is 10.1 Å². The lowest BCUT2D eigenvalue weighted by Gasteiger charge is -2.27. The van der Waals surface area contributed by atoms with Crippen LogP contribution in [0.3, 0.4) is 0 Å². The van der Waals surface area contributed by atoms with Crippen molar-refractivity contribution < 1.29 is 47.2 Å². The molecule has 13 heteroatoms. The number of carbonyl (C=O) groups is 2. The Kier molecular flexibility index (Phi) is 14.0. The van der Waals surface area contributed by atoms with E-state index in [9.17, 15) is 28.2 Å². The number of phenols is 1. The predicted octanol–water partition coefficient (Wildman–Crippen LogP) is 6.82. The van der Waals surface area contributed by atoms with Crippen molar-refractivity contribution in [3.8, 4) is 17.2 Å². The molecule has 12 nitrogen and oxygen atoms in total. The number of ether oxygens (including phenoxy) is 4. The summed E-state index contributed by atoms with van der Waals surface area (Å²) in [5.74, 6) is -1.50. The standard InChI is InChI=1S/C38H42N2O10S/c1-4-47-35(37(48-5-2)29-13-18-33(32(41)22-29)49-24-27-9-7-6-8-10-27)25-51(45,46)20-19-26-11-12-28(23-36(42)43)34(21-26)50-38(44)40-31-16-14-30(39-3)15-17-31/h6-22,35,37,39,41H,4-5,23-25H2,1-3H3,(H,40,44)(H,42,43)/b20-19+. The largest absolute Gasteiger partial charge is 0.504 e. The molecule has 0 aliphatic rings.